The summed E-state index contributed by atoms with van der Waals surface area (Å²) in [7, 11) is 0. The van der Waals surface area contributed by atoms with Gasteiger partial charge in [-0.15, -0.1) is 0 Å². The summed E-state index contributed by atoms with van der Waals surface area (Å²) in [6.07, 6.45) is 0.183. The van der Waals surface area contributed by atoms with Gasteiger partial charge < -0.3 is 9.90 Å². The first-order valence-electron chi connectivity index (χ1n) is 7.01. The van der Waals surface area contributed by atoms with Crippen molar-refractivity contribution in [2.24, 2.45) is 0 Å². The summed E-state index contributed by atoms with van der Waals surface area (Å²) < 4.78 is 0. The molecule has 7 nitrogen and oxygen atoms in total. The molecule has 7 heteroatoms. The van der Waals surface area contributed by atoms with E-state index in [1.54, 1.807) is 18.2 Å². The molecule has 1 aromatic carbocycles. The fraction of sp³-hybridized carbons (Fsp3) is 0.312. The van der Waals surface area contributed by atoms with Crippen LogP contribution in [0.2, 0.25) is 0 Å². The summed E-state index contributed by atoms with van der Waals surface area (Å²) in [5.74, 6) is -2.89. The Bertz CT molecular complexity index is 686. The molecule has 2 rings (SSSR count). The second-order valence-corrected chi connectivity index (χ2v) is 5.22. The van der Waals surface area contributed by atoms with Crippen LogP contribution in [-0.2, 0) is 9.59 Å². The topological polar surface area (TPSA) is 116 Å². The number of aldehydes is 1. The molecule has 0 saturated heterocycles. The van der Waals surface area contributed by atoms with Gasteiger partial charge in [0.25, 0.3) is 11.8 Å². The minimum absolute atomic E-state index is 0.0869. The first-order chi connectivity index (χ1) is 11.0. The van der Waals surface area contributed by atoms with E-state index in [4.69, 9.17) is 5.26 Å². The van der Waals surface area contributed by atoms with Crippen molar-refractivity contribution in [3.8, 4) is 6.07 Å². The largest absolute Gasteiger partial charge is 0.479 e. The summed E-state index contributed by atoms with van der Waals surface area (Å²) in [4.78, 5) is 48.1. The fourth-order valence-corrected chi connectivity index (χ4v) is 2.74. The molecule has 0 spiro atoms. The van der Waals surface area contributed by atoms with E-state index in [1.807, 2.05) is 0 Å². The number of nitriles is 1. The van der Waals surface area contributed by atoms with Crippen LogP contribution in [0.5, 0.6) is 0 Å². The molecular formula is C16H14N2O5. The minimum atomic E-state index is -1.97. The lowest BCUT2D eigenvalue weighted by molar-refractivity contribution is -0.149. The lowest BCUT2D eigenvalue weighted by atomic mass is 9.87. The molecule has 2 amide bonds. The monoisotopic (exact) mass is 314 g/mol. The number of nitrogens with zero attached hydrogens (tertiary/aromatic N) is 2. The van der Waals surface area contributed by atoms with E-state index in [1.165, 1.54) is 12.1 Å². The number of carbonyl (C=O) groups excluding carboxylic acids is 3. The normalized spacial score (nSPS) is 15.7. The third kappa shape index (κ3) is 2.59. The zero-order valence-electron chi connectivity index (χ0n) is 12.2. The number of rotatable bonds is 7. The van der Waals surface area contributed by atoms with E-state index in [0.29, 0.717) is 11.2 Å². The van der Waals surface area contributed by atoms with Crippen LogP contribution in [0.15, 0.2) is 24.3 Å². The Kier molecular flexibility index (Phi) is 4.55. The highest BCUT2D eigenvalue weighted by molar-refractivity contribution is 6.23. The van der Waals surface area contributed by atoms with Crippen LogP contribution in [0.3, 0.4) is 0 Å². The van der Waals surface area contributed by atoms with Gasteiger partial charge in [0.1, 0.15) is 6.29 Å². The second-order valence-electron chi connectivity index (χ2n) is 5.22. The summed E-state index contributed by atoms with van der Waals surface area (Å²) >= 11 is 0. The maximum atomic E-state index is 12.5. The molecule has 23 heavy (non-hydrogen) atoms. The number of hydrogen-bond donors (Lipinski definition) is 1. The Morgan fingerprint density at radius 3 is 2.26 bits per heavy atom. The number of amides is 2. The van der Waals surface area contributed by atoms with Gasteiger partial charge >= 0.3 is 5.97 Å². The Balaban J connectivity index is 2.50. The molecule has 1 aliphatic heterocycles. The van der Waals surface area contributed by atoms with Crippen molar-refractivity contribution in [1.82, 2.24) is 4.90 Å². The predicted octanol–water partition coefficient (Wildman–Crippen LogP) is 1.39. The number of hydrogen-bond acceptors (Lipinski definition) is 5. The number of carboxylic acids is 1. The van der Waals surface area contributed by atoms with E-state index < -0.39 is 29.7 Å². The quantitative estimate of drug-likeness (QED) is 0.462. The van der Waals surface area contributed by atoms with Gasteiger partial charge in [-0.1, -0.05) is 12.1 Å². The van der Waals surface area contributed by atoms with Crippen LogP contribution < -0.4 is 0 Å². The van der Waals surface area contributed by atoms with Crippen molar-refractivity contribution < 1.29 is 24.3 Å². The van der Waals surface area contributed by atoms with Gasteiger partial charge in [0.2, 0.25) is 0 Å². The third-order valence-electron chi connectivity index (χ3n) is 3.90. The lowest BCUT2D eigenvalue weighted by Crippen LogP contribution is -2.57. The number of unbranched alkanes of at least 4 members (excludes halogenated alkanes) is 1. The standard InChI is InChI=1S/C16H14N2O5/c17-9-8-16(15(22)23,7-3-4-10-19)18-13(20)11-5-1-2-6-12(11)14(18)21/h1-2,5-6,10H,3-4,7-8H2,(H,22,23). The van der Waals surface area contributed by atoms with Crippen LogP contribution in [0.4, 0.5) is 0 Å². The van der Waals surface area contributed by atoms with Gasteiger partial charge in [0, 0.05) is 6.42 Å². The molecule has 1 atom stereocenters. The Morgan fingerprint density at radius 1 is 1.26 bits per heavy atom. The Labute approximate surface area is 132 Å². The summed E-state index contributed by atoms with van der Waals surface area (Å²) in [5, 5.41) is 18.7. The molecule has 1 heterocycles. The van der Waals surface area contributed by atoms with Gasteiger partial charge in [0.05, 0.1) is 23.6 Å². The summed E-state index contributed by atoms with van der Waals surface area (Å²) in [6, 6.07) is 7.79. The molecule has 0 radical (unpaired) electrons. The van der Waals surface area contributed by atoms with Crippen molar-refractivity contribution in [1.29, 1.82) is 5.26 Å². The van der Waals surface area contributed by atoms with Crippen LogP contribution in [0.1, 0.15) is 46.4 Å². The third-order valence-corrected chi connectivity index (χ3v) is 3.90. The van der Waals surface area contributed by atoms with Crippen LogP contribution in [0, 0.1) is 11.3 Å². The van der Waals surface area contributed by atoms with Crippen LogP contribution in [0.25, 0.3) is 0 Å². The Morgan fingerprint density at radius 2 is 1.83 bits per heavy atom. The SMILES string of the molecule is N#CCC(CCCC=O)(C(=O)O)N1C(=O)c2ccccc2C1=O. The molecule has 118 valence electrons. The molecule has 0 fully saturated rings. The van der Waals surface area contributed by atoms with Crippen LogP contribution >= 0.6 is 0 Å². The van der Waals surface area contributed by atoms with E-state index in [0.717, 1.165) is 0 Å². The maximum absolute atomic E-state index is 12.5. The van der Waals surface area contributed by atoms with E-state index in [-0.39, 0.29) is 30.4 Å². The first kappa shape index (κ1) is 16.4. The molecule has 0 aliphatic carbocycles. The van der Waals surface area contributed by atoms with Crippen LogP contribution in [-0.4, -0.2) is 39.6 Å². The van der Waals surface area contributed by atoms with Crippen molar-refractivity contribution in [2.45, 2.75) is 31.2 Å². The number of fused-ring (bicyclic) bond motifs is 1. The molecule has 0 aromatic heterocycles. The predicted molar refractivity (Wildman–Crippen MR) is 77.5 cm³/mol. The van der Waals surface area contributed by atoms with Crippen molar-refractivity contribution >= 4 is 24.1 Å². The molecule has 1 aliphatic rings. The molecular weight excluding hydrogens is 300 g/mol. The van der Waals surface area contributed by atoms with E-state index in [9.17, 15) is 24.3 Å². The number of carboxylic acid groups (broad SMARTS) is 1. The zero-order valence-corrected chi connectivity index (χ0v) is 12.2. The van der Waals surface area contributed by atoms with Crippen molar-refractivity contribution in [3.05, 3.63) is 35.4 Å². The average Bonchev–Trinajstić information content (AvgIpc) is 2.79. The highest BCUT2D eigenvalue weighted by atomic mass is 16.4. The molecule has 0 bridgehead atoms. The second kappa shape index (κ2) is 6.40. The zero-order chi connectivity index (χ0) is 17.0. The molecule has 0 saturated carbocycles. The number of carbonyl (C=O) groups is 4. The highest BCUT2D eigenvalue weighted by Gasteiger charge is 2.53. The van der Waals surface area contributed by atoms with Gasteiger partial charge in [0.15, 0.2) is 5.54 Å². The lowest BCUT2D eigenvalue weighted by Gasteiger charge is -2.34. The number of benzene rings is 1. The molecule has 1 unspecified atom stereocenters. The smallest absolute Gasteiger partial charge is 0.331 e. The fourth-order valence-electron chi connectivity index (χ4n) is 2.74. The molecule has 1 N–H and O–H groups in total. The maximum Gasteiger partial charge on any atom is 0.331 e. The first-order valence-corrected chi connectivity index (χ1v) is 7.01. The molecule has 1 aromatic rings. The number of imide groups is 1. The average molecular weight is 314 g/mol. The van der Waals surface area contributed by atoms with E-state index in [2.05, 4.69) is 0 Å². The summed E-state index contributed by atoms with van der Waals surface area (Å²) in [5.41, 5.74) is -1.72. The van der Waals surface area contributed by atoms with Gasteiger partial charge in [-0.25, -0.2) is 4.79 Å². The van der Waals surface area contributed by atoms with Gasteiger partial charge in [-0.05, 0) is 25.0 Å². The highest BCUT2D eigenvalue weighted by Crippen LogP contribution is 2.35. The van der Waals surface area contributed by atoms with Gasteiger partial charge in [-0.2, -0.15) is 5.26 Å². The van der Waals surface area contributed by atoms with E-state index >= 15 is 0 Å². The summed E-state index contributed by atoms with van der Waals surface area (Å²) in [6.45, 7) is 0. The van der Waals surface area contributed by atoms with Gasteiger partial charge in [-0.3, -0.25) is 14.5 Å². The Hall–Kier alpha value is -3.01. The van der Waals surface area contributed by atoms with Crippen molar-refractivity contribution in [2.75, 3.05) is 0 Å². The number of aliphatic carboxylic acids is 1. The van der Waals surface area contributed by atoms with Crippen molar-refractivity contribution in [3.63, 3.8) is 0 Å². The minimum Gasteiger partial charge on any atom is -0.479 e.